The van der Waals surface area contributed by atoms with Crippen molar-refractivity contribution in [3.8, 4) is 0 Å². The van der Waals surface area contributed by atoms with Crippen molar-refractivity contribution in [3.63, 3.8) is 0 Å². The molecular weight excluding hydrogens is 284 g/mol. The lowest BCUT2D eigenvalue weighted by molar-refractivity contribution is -0.139. The SMILES string of the molecule is CCOC(=O)C1=C(C)NC(S)NC1c1snnc1C. The van der Waals surface area contributed by atoms with Gasteiger partial charge in [0.2, 0.25) is 0 Å². The second-order valence-corrected chi connectivity index (χ2v) is 5.43. The van der Waals surface area contributed by atoms with Crippen LogP contribution in [-0.2, 0) is 9.53 Å². The highest BCUT2D eigenvalue weighted by molar-refractivity contribution is 7.80. The molecule has 0 aliphatic carbocycles. The van der Waals surface area contributed by atoms with E-state index in [1.54, 1.807) is 6.92 Å². The molecule has 0 spiro atoms. The van der Waals surface area contributed by atoms with Gasteiger partial charge in [0.15, 0.2) is 0 Å². The van der Waals surface area contributed by atoms with Crippen molar-refractivity contribution in [2.45, 2.75) is 32.3 Å². The number of hydrogen-bond donors (Lipinski definition) is 3. The van der Waals surface area contributed by atoms with Crippen molar-refractivity contribution in [1.82, 2.24) is 20.2 Å². The predicted molar refractivity (Wildman–Crippen MR) is 75.8 cm³/mol. The van der Waals surface area contributed by atoms with Gasteiger partial charge in [-0.2, -0.15) is 0 Å². The number of hydrogen-bond acceptors (Lipinski definition) is 8. The Morgan fingerprint density at radius 1 is 1.53 bits per heavy atom. The number of allylic oxidation sites excluding steroid dienone is 1. The van der Waals surface area contributed by atoms with Gasteiger partial charge in [-0.1, -0.05) is 4.49 Å². The van der Waals surface area contributed by atoms with Gasteiger partial charge in [-0.05, 0) is 32.3 Å². The fourth-order valence-electron chi connectivity index (χ4n) is 1.97. The van der Waals surface area contributed by atoms with Crippen molar-refractivity contribution in [3.05, 3.63) is 21.8 Å². The summed E-state index contributed by atoms with van der Waals surface area (Å²) in [4.78, 5) is 13.0. The summed E-state index contributed by atoms with van der Waals surface area (Å²) < 4.78 is 9.04. The summed E-state index contributed by atoms with van der Waals surface area (Å²) in [7, 11) is 0. The van der Waals surface area contributed by atoms with Crippen LogP contribution in [-0.4, -0.2) is 27.7 Å². The average Bonchev–Trinajstić information content (AvgIpc) is 2.74. The van der Waals surface area contributed by atoms with E-state index in [-0.39, 0.29) is 17.5 Å². The van der Waals surface area contributed by atoms with Crippen LogP contribution in [0.3, 0.4) is 0 Å². The quantitative estimate of drug-likeness (QED) is 0.574. The fraction of sp³-hybridized carbons (Fsp3) is 0.545. The summed E-state index contributed by atoms with van der Waals surface area (Å²) in [5.74, 6) is -0.335. The maximum Gasteiger partial charge on any atom is 0.337 e. The molecule has 1 aliphatic rings. The van der Waals surface area contributed by atoms with Crippen molar-refractivity contribution >= 4 is 30.1 Å². The van der Waals surface area contributed by atoms with Gasteiger partial charge in [0.05, 0.1) is 28.8 Å². The monoisotopic (exact) mass is 300 g/mol. The number of rotatable bonds is 3. The summed E-state index contributed by atoms with van der Waals surface area (Å²) in [6.45, 7) is 5.83. The number of ether oxygens (including phenoxy) is 1. The van der Waals surface area contributed by atoms with Gasteiger partial charge in [-0.15, -0.1) is 17.7 Å². The Morgan fingerprint density at radius 3 is 2.84 bits per heavy atom. The second kappa shape index (κ2) is 5.89. The Morgan fingerprint density at radius 2 is 2.26 bits per heavy atom. The predicted octanol–water partition coefficient (Wildman–Crippen LogP) is 1.13. The number of aryl methyl sites for hydroxylation is 1. The highest BCUT2D eigenvalue weighted by Gasteiger charge is 2.33. The minimum absolute atomic E-state index is 0.232. The minimum Gasteiger partial charge on any atom is -0.463 e. The van der Waals surface area contributed by atoms with Gasteiger partial charge in [0.25, 0.3) is 0 Å². The molecule has 2 atom stereocenters. The fourth-order valence-corrected chi connectivity index (χ4v) is 3.03. The molecule has 1 aromatic heterocycles. The Balaban J connectivity index is 2.41. The first-order valence-electron chi connectivity index (χ1n) is 5.92. The normalized spacial score (nSPS) is 23.2. The van der Waals surface area contributed by atoms with E-state index in [4.69, 9.17) is 4.74 Å². The van der Waals surface area contributed by atoms with Crippen LogP contribution in [0.25, 0.3) is 0 Å². The van der Waals surface area contributed by atoms with E-state index in [0.29, 0.717) is 12.2 Å². The molecule has 0 bridgehead atoms. The molecule has 0 amide bonds. The number of carbonyl (C=O) groups is 1. The third-order valence-electron chi connectivity index (χ3n) is 2.81. The molecule has 6 nitrogen and oxygen atoms in total. The molecule has 1 aromatic rings. The van der Waals surface area contributed by atoms with Gasteiger partial charge < -0.3 is 10.1 Å². The maximum atomic E-state index is 12.1. The molecule has 0 radical (unpaired) electrons. The summed E-state index contributed by atoms with van der Waals surface area (Å²) in [6.07, 6.45) is 0. The summed E-state index contributed by atoms with van der Waals surface area (Å²) in [6, 6.07) is -0.289. The zero-order valence-corrected chi connectivity index (χ0v) is 12.6. The van der Waals surface area contributed by atoms with Crippen LogP contribution in [0.5, 0.6) is 0 Å². The van der Waals surface area contributed by atoms with E-state index in [1.165, 1.54) is 11.5 Å². The standard InChI is InChI=1S/C11H16N4O2S2/c1-4-17-10(16)7-5(2)12-11(18)13-8(7)9-6(3)14-15-19-9/h8,11-13,18H,4H2,1-3H3. The summed E-state index contributed by atoms with van der Waals surface area (Å²) in [5.41, 5.74) is 1.89. The minimum atomic E-state index is -0.335. The van der Waals surface area contributed by atoms with Crippen molar-refractivity contribution in [2.75, 3.05) is 6.61 Å². The topological polar surface area (TPSA) is 76.1 Å². The average molecular weight is 300 g/mol. The molecular formula is C11H16N4O2S2. The highest BCUT2D eigenvalue weighted by Crippen LogP contribution is 2.32. The van der Waals surface area contributed by atoms with Crippen LogP contribution in [0.4, 0.5) is 0 Å². The van der Waals surface area contributed by atoms with Crippen LogP contribution in [0.15, 0.2) is 11.3 Å². The lowest BCUT2D eigenvalue weighted by Gasteiger charge is -2.31. The third-order valence-corrected chi connectivity index (χ3v) is 3.98. The van der Waals surface area contributed by atoms with E-state index in [9.17, 15) is 4.79 Å². The van der Waals surface area contributed by atoms with Gasteiger partial charge in [-0.25, -0.2) is 4.79 Å². The zero-order chi connectivity index (χ0) is 14.0. The largest absolute Gasteiger partial charge is 0.463 e. The molecule has 8 heteroatoms. The number of carbonyl (C=O) groups excluding carboxylic acids is 1. The van der Waals surface area contributed by atoms with Crippen LogP contribution in [0.1, 0.15) is 30.5 Å². The Bertz CT molecular complexity index is 515. The van der Waals surface area contributed by atoms with Crippen LogP contribution in [0, 0.1) is 6.92 Å². The smallest absolute Gasteiger partial charge is 0.337 e. The molecule has 0 aromatic carbocycles. The maximum absolute atomic E-state index is 12.1. The van der Waals surface area contributed by atoms with Gasteiger partial charge in [-0.3, -0.25) is 5.32 Å². The van der Waals surface area contributed by atoms with E-state index >= 15 is 0 Å². The van der Waals surface area contributed by atoms with Crippen molar-refractivity contribution < 1.29 is 9.53 Å². The molecule has 1 aliphatic heterocycles. The molecule has 0 fully saturated rings. The van der Waals surface area contributed by atoms with E-state index in [2.05, 4.69) is 32.8 Å². The van der Waals surface area contributed by atoms with Crippen molar-refractivity contribution in [2.24, 2.45) is 0 Å². The molecule has 0 saturated heterocycles. The van der Waals surface area contributed by atoms with Gasteiger partial charge >= 0.3 is 5.97 Å². The molecule has 2 N–H and O–H groups in total. The van der Waals surface area contributed by atoms with Crippen LogP contribution < -0.4 is 10.6 Å². The van der Waals surface area contributed by atoms with Crippen LogP contribution in [0.2, 0.25) is 0 Å². The lowest BCUT2D eigenvalue weighted by Crippen LogP contribution is -2.46. The summed E-state index contributed by atoms with van der Waals surface area (Å²) in [5, 5.41) is 10.3. The first kappa shape index (κ1) is 14.3. The number of nitrogens with zero attached hydrogens (tertiary/aromatic N) is 2. The summed E-state index contributed by atoms with van der Waals surface area (Å²) >= 11 is 5.63. The zero-order valence-electron chi connectivity index (χ0n) is 10.9. The molecule has 2 heterocycles. The number of aromatic nitrogens is 2. The Kier molecular flexibility index (Phi) is 4.43. The van der Waals surface area contributed by atoms with Crippen LogP contribution >= 0.6 is 24.2 Å². The molecule has 0 saturated carbocycles. The van der Waals surface area contributed by atoms with E-state index < -0.39 is 0 Å². The number of thiol groups is 1. The van der Waals surface area contributed by atoms with Crippen molar-refractivity contribution in [1.29, 1.82) is 0 Å². The molecule has 2 unspecified atom stereocenters. The molecule has 104 valence electrons. The highest BCUT2D eigenvalue weighted by atomic mass is 32.1. The first-order valence-corrected chi connectivity index (χ1v) is 7.21. The number of esters is 1. The van der Waals surface area contributed by atoms with E-state index in [1.807, 2.05) is 13.8 Å². The second-order valence-electron chi connectivity index (χ2n) is 4.13. The van der Waals surface area contributed by atoms with Gasteiger partial charge in [0, 0.05) is 5.70 Å². The Hall–Kier alpha value is -1.12. The Labute approximate surface area is 121 Å². The molecule has 2 rings (SSSR count). The van der Waals surface area contributed by atoms with Gasteiger partial charge in [0.1, 0.15) is 5.50 Å². The lowest BCUT2D eigenvalue weighted by atomic mass is 10.0. The molecule has 19 heavy (non-hydrogen) atoms. The number of nitrogens with one attached hydrogen (secondary N) is 2. The first-order chi connectivity index (χ1) is 9.04. The van der Waals surface area contributed by atoms with E-state index in [0.717, 1.165) is 16.3 Å². The third kappa shape index (κ3) is 2.90.